The number of hydrogen-bond donors (Lipinski definition) is 3. The van der Waals surface area contributed by atoms with E-state index in [0.717, 1.165) is 0 Å². The van der Waals surface area contributed by atoms with E-state index in [1.54, 1.807) is 0 Å². The van der Waals surface area contributed by atoms with Crippen molar-refractivity contribution in [2.45, 2.75) is 0 Å². The predicted molar refractivity (Wildman–Crippen MR) is 69.6 cm³/mol. The Balaban J connectivity index is 2.62. The molecule has 18 heavy (non-hydrogen) atoms. The molecule has 0 aliphatic heterocycles. The van der Waals surface area contributed by atoms with Gasteiger partial charge in [-0.15, -0.1) is 0 Å². The summed E-state index contributed by atoms with van der Waals surface area (Å²) in [6, 6.07) is 4.33. The van der Waals surface area contributed by atoms with E-state index in [4.69, 9.17) is 15.6 Å². The second-order valence-electron chi connectivity index (χ2n) is 3.39. The minimum absolute atomic E-state index is 0.0929. The number of halogens is 1. The maximum Gasteiger partial charge on any atom is 0.335 e. The molecular weight excluding hydrogens is 304 g/mol. The lowest BCUT2D eigenvalue weighted by atomic mass is 10.2. The Morgan fingerprint density at radius 2 is 2.17 bits per heavy atom. The van der Waals surface area contributed by atoms with Crippen molar-refractivity contribution >= 4 is 33.5 Å². The lowest BCUT2D eigenvalue weighted by molar-refractivity contribution is -0.120. The molecule has 6 nitrogen and oxygen atoms in total. The van der Waals surface area contributed by atoms with Crippen molar-refractivity contribution < 1.29 is 19.4 Å². The van der Waals surface area contributed by atoms with E-state index in [1.807, 2.05) is 0 Å². The maximum absolute atomic E-state index is 11.4. The van der Waals surface area contributed by atoms with Gasteiger partial charge < -0.3 is 20.9 Å². The van der Waals surface area contributed by atoms with E-state index in [-0.39, 0.29) is 18.1 Å². The number of benzene rings is 1. The van der Waals surface area contributed by atoms with Crippen molar-refractivity contribution in [3.63, 3.8) is 0 Å². The molecule has 0 aliphatic carbocycles. The first kappa shape index (κ1) is 14.6. The van der Waals surface area contributed by atoms with Crippen LogP contribution in [0.5, 0.6) is 0 Å². The number of rotatable bonds is 6. The molecule has 0 spiro atoms. The van der Waals surface area contributed by atoms with Gasteiger partial charge in [0, 0.05) is 11.0 Å². The van der Waals surface area contributed by atoms with Crippen LogP contribution in [-0.2, 0) is 9.53 Å². The molecule has 0 bridgehead atoms. The molecule has 1 aromatic rings. The van der Waals surface area contributed by atoms with Gasteiger partial charge in [-0.2, -0.15) is 0 Å². The van der Waals surface area contributed by atoms with E-state index in [2.05, 4.69) is 21.2 Å². The van der Waals surface area contributed by atoms with Crippen molar-refractivity contribution in [3.8, 4) is 0 Å². The summed E-state index contributed by atoms with van der Waals surface area (Å²) in [4.78, 5) is 22.2. The molecule has 0 saturated carbocycles. The van der Waals surface area contributed by atoms with Gasteiger partial charge in [0.15, 0.2) is 0 Å². The van der Waals surface area contributed by atoms with Crippen LogP contribution in [0, 0.1) is 0 Å². The number of anilines is 1. The molecule has 0 unspecified atom stereocenters. The third-order valence-corrected chi connectivity index (χ3v) is 2.64. The number of nitrogens with two attached hydrogens (primary N) is 1. The van der Waals surface area contributed by atoms with Gasteiger partial charge in [-0.05, 0) is 34.1 Å². The Morgan fingerprint density at radius 1 is 1.44 bits per heavy atom. The summed E-state index contributed by atoms with van der Waals surface area (Å²) in [5.74, 6) is -1.35. The topological polar surface area (TPSA) is 102 Å². The van der Waals surface area contributed by atoms with Crippen LogP contribution < -0.4 is 11.1 Å². The summed E-state index contributed by atoms with van der Waals surface area (Å²) in [6.07, 6.45) is 0. The number of aromatic carboxylic acids is 1. The first-order valence-electron chi connectivity index (χ1n) is 5.15. The molecule has 0 heterocycles. The van der Waals surface area contributed by atoms with E-state index in [0.29, 0.717) is 23.3 Å². The molecule has 7 heteroatoms. The normalized spacial score (nSPS) is 10.1. The van der Waals surface area contributed by atoms with Crippen LogP contribution in [0.15, 0.2) is 22.7 Å². The minimum atomic E-state index is -1.03. The number of ether oxygens (including phenoxy) is 1. The SMILES string of the molecule is NCCOCC(=O)Nc1ccc(C(=O)O)cc1Br. The minimum Gasteiger partial charge on any atom is -0.478 e. The monoisotopic (exact) mass is 316 g/mol. The number of carboxylic acids is 1. The zero-order chi connectivity index (χ0) is 13.5. The van der Waals surface area contributed by atoms with Gasteiger partial charge in [0.25, 0.3) is 0 Å². The number of carbonyl (C=O) groups is 2. The lowest BCUT2D eigenvalue weighted by Gasteiger charge is -2.08. The largest absolute Gasteiger partial charge is 0.478 e. The number of amides is 1. The van der Waals surface area contributed by atoms with Crippen molar-refractivity contribution in [2.75, 3.05) is 25.1 Å². The number of nitrogens with one attached hydrogen (secondary N) is 1. The number of carbonyl (C=O) groups excluding carboxylic acids is 1. The van der Waals surface area contributed by atoms with Gasteiger partial charge in [-0.3, -0.25) is 4.79 Å². The molecule has 1 rings (SSSR count). The van der Waals surface area contributed by atoms with Gasteiger partial charge in [-0.25, -0.2) is 4.79 Å². The Morgan fingerprint density at radius 3 is 2.72 bits per heavy atom. The second-order valence-corrected chi connectivity index (χ2v) is 4.24. The van der Waals surface area contributed by atoms with Crippen molar-refractivity contribution in [1.29, 1.82) is 0 Å². The number of hydrogen-bond acceptors (Lipinski definition) is 4. The predicted octanol–water partition coefficient (Wildman–Crippen LogP) is 1.06. The average Bonchev–Trinajstić information content (AvgIpc) is 2.32. The molecule has 1 aromatic carbocycles. The zero-order valence-electron chi connectivity index (χ0n) is 9.48. The highest BCUT2D eigenvalue weighted by Gasteiger charge is 2.09. The third kappa shape index (κ3) is 4.44. The summed E-state index contributed by atoms with van der Waals surface area (Å²) in [5, 5.41) is 11.4. The molecule has 0 aliphatic rings. The van der Waals surface area contributed by atoms with E-state index < -0.39 is 5.97 Å². The summed E-state index contributed by atoms with van der Waals surface area (Å²) < 4.78 is 5.47. The Bertz CT molecular complexity index is 451. The van der Waals surface area contributed by atoms with Crippen LogP contribution >= 0.6 is 15.9 Å². The van der Waals surface area contributed by atoms with Crippen LogP contribution in [0.1, 0.15) is 10.4 Å². The zero-order valence-corrected chi connectivity index (χ0v) is 11.1. The van der Waals surface area contributed by atoms with Gasteiger partial charge in [0.2, 0.25) is 5.91 Å². The fourth-order valence-electron chi connectivity index (χ4n) is 1.18. The van der Waals surface area contributed by atoms with Gasteiger partial charge in [-0.1, -0.05) is 0 Å². The molecule has 0 radical (unpaired) electrons. The van der Waals surface area contributed by atoms with E-state index >= 15 is 0 Å². The molecule has 98 valence electrons. The van der Waals surface area contributed by atoms with Crippen LogP contribution in [-0.4, -0.2) is 36.7 Å². The van der Waals surface area contributed by atoms with Crippen LogP contribution in [0.3, 0.4) is 0 Å². The summed E-state index contributed by atoms with van der Waals surface area (Å²) in [6.45, 7) is 0.571. The molecule has 1 amide bonds. The highest BCUT2D eigenvalue weighted by Crippen LogP contribution is 2.23. The van der Waals surface area contributed by atoms with E-state index in [9.17, 15) is 9.59 Å². The van der Waals surface area contributed by atoms with E-state index in [1.165, 1.54) is 18.2 Å². The quantitative estimate of drug-likeness (QED) is 0.681. The van der Waals surface area contributed by atoms with Crippen molar-refractivity contribution in [1.82, 2.24) is 0 Å². The first-order chi connectivity index (χ1) is 8.54. The van der Waals surface area contributed by atoms with Crippen molar-refractivity contribution in [3.05, 3.63) is 28.2 Å². The van der Waals surface area contributed by atoms with Crippen LogP contribution in [0.25, 0.3) is 0 Å². The van der Waals surface area contributed by atoms with Gasteiger partial charge >= 0.3 is 5.97 Å². The summed E-state index contributed by atoms with van der Waals surface area (Å²) in [7, 11) is 0. The molecule has 0 fully saturated rings. The molecule has 4 N–H and O–H groups in total. The van der Waals surface area contributed by atoms with Crippen LogP contribution in [0.2, 0.25) is 0 Å². The fraction of sp³-hybridized carbons (Fsp3) is 0.273. The standard InChI is InChI=1S/C11H13BrN2O4/c12-8-5-7(11(16)17)1-2-9(8)14-10(15)6-18-4-3-13/h1-2,5H,3-4,6,13H2,(H,14,15)(H,16,17). The Hall–Kier alpha value is -1.44. The second kappa shape index (κ2) is 7.10. The highest BCUT2D eigenvalue weighted by molar-refractivity contribution is 9.10. The average molecular weight is 317 g/mol. The number of carboxylic acid groups (broad SMARTS) is 1. The maximum atomic E-state index is 11.4. The fourth-order valence-corrected chi connectivity index (χ4v) is 1.66. The van der Waals surface area contributed by atoms with Crippen molar-refractivity contribution in [2.24, 2.45) is 5.73 Å². The Labute approximate surface area is 112 Å². The Kier molecular flexibility index (Phi) is 5.76. The molecule has 0 saturated heterocycles. The lowest BCUT2D eigenvalue weighted by Crippen LogP contribution is -2.21. The summed E-state index contributed by atoms with van der Waals surface area (Å²) >= 11 is 3.19. The molecule has 0 aromatic heterocycles. The summed E-state index contributed by atoms with van der Waals surface area (Å²) in [5.41, 5.74) is 5.84. The smallest absolute Gasteiger partial charge is 0.335 e. The first-order valence-corrected chi connectivity index (χ1v) is 5.94. The van der Waals surface area contributed by atoms with Gasteiger partial charge in [0.05, 0.1) is 17.9 Å². The highest BCUT2D eigenvalue weighted by atomic mass is 79.9. The van der Waals surface area contributed by atoms with Crippen LogP contribution in [0.4, 0.5) is 5.69 Å². The van der Waals surface area contributed by atoms with Gasteiger partial charge in [0.1, 0.15) is 6.61 Å². The molecule has 0 atom stereocenters. The third-order valence-electron chi connectivity index (χ3n) is 1.99. The molecular formula is C11H13BrN2O4.